The van der Waals surface area contributed by atoms with Crippen molar-refractivity contribution in [3.63, 3.8) is 0 Å². The number of nitrogens with one attached hydrogen (secondary N) is 1. The van der Waals surface area contributed by atoms with Crippen molar-refractivity contribution in [3.8, 4) is 0 Å². The van der Waals surface area contributed by atoms with Gasteiger partial charge in [0.05, 0.1) is 0 Å². The molecule has 0 bridgehead atoms. The summed E-state index contributed by atoms with van der Waals surface area (Å²) < 4.78 is 1.44. The molecule has 1 amide bonds. The predicted molar refractivity (Wildman–Crippen MR) is 85.9 cm³/mol. The van der Waals surface area contributed by atoms with Crippen molar-refractivity contribution in [2.75, 3.05) is 0 Å². The summed E-state index contributed by atoms with van der Waals surface area (Å²) in [5.41, 5.74) is 0.489. The zero-order valence-corrected chi connectivity index (χ0v) is 13.0. The monoisotopic (exact) mass is 299 g/mol. The van der Waals surface area contributed by atoms with E-state index in [2.05, 4.69) is 17.2 Å². The van der Waals surface area contributed by atoms with E-state index in [0.29, 0.717) is 11.6 Å². The first-order valence-electron chi connectivity index (χ1n) is 7.83. The minimum Gasteiger partial charge on any atom is -0.349 e. The number of carbonyl (C=O) groups is 1. The number of pyridine rings is 2. The fourth-order valence-electron chi connectivity index (χ4n) is 3.24. The summed E-state index contributed by atoms with van der Waals surface area (Å²) in [4.78, 5) is 29.1. The molecule has 0 unspecified atom stereocenters. The number of carbonyl (C=O) groups excluding carboxylic acids is 1. The molecular formula is C17H21N3O2. The average Bonchev–Trinajstić information content (AvgIpc) is 2.53. The number of fused-ring (bicyclic) bond motifs is 1. The fraction of sp³-hybridized carbons (Fsp3) is 0.471. The van der Waals surface area contributed by atoms with Gasteiger partial charge in [0.2, 0.25) is 0 Å². The molecule has 2 heterocycles. The highest BCUT2D eigenvalue weighted by atomic mass is 16.2. The Bertz CT molecular complexity index is 766. The third-order valence-corrected chi connectivity index (χ3v) is 4.64. The molecule has 1 N–H and O–H groups in total. The molecule has 2 aromatic rings. The molecule has 0 spiro atoms. The normalized spacial score (nSPS) is 21.7. The summed E-state index contributed by atoms with van der Waals surface area (Å²) in [7, 11) is 1.65. The molecule has 5 nitrogen and oxygen atoms in total. The van der Waals surface area contributed by atoms with E-state index < -0.39 is 0 Å². The smallest absolute Gasteiger partial charge is 0.264 e. The first-order chi connectivity index (χ1) is 10.6. The van der Waals surface area contributed by atoms with Gasteiger partial charge in [-0.1, -0.05) is 19.8 Å². The van der Waals surface area contributed by atoms with Crippen LogP contribution in [0.4, 0.5) is 0 Å². The number of rotatable bonds is 2. The van der Waals surface area contributed by atoms with Crippen molar-refractivity contribution >= 4 is 16.9 Å². The second-order valence-corrected chi connectivity index (χ2v) is 6.18. The third-order valence-electron chi connectivity index (χ3n) is 4.64. The zero-order chi connectivity index (χ0) is 15.7. The molecule has 2 atom stereocenters. The molecule has 22 heavy (non-hydrogen) atoms. The first-order valence-corrected chi connectivity index (χ1v) is 7.83. The van der Waals surface area contributed by atoms with Crippen LogP contribution in [-0.4, -0.2) is 21.5 Å². The second kappa shape index (κ2) is 5.91. The Hall–Kier alpha value is -2.17. The van der Waals surface area contributed by atoms with E-state index in [4.69, 9.17) is 0 Å². The molecule has 1 aliphatic rings. The lowest BCUT2D eigenvalue weighted by atomic mass is 9.86. The lowest BCUT2D eigenvalue weighted by Gasteiger charge is -2.29. The molecule has 116 valence electrons. The maximum atomic E-state index is 12.5. The topological polar surface area (TPSA) is 64.0 Å². The maximum Gasteiger partial charge on any atom is 0.264 e. The van der Waals surface area contributed by atoms with Gasteiger partial charge in [-0.05, 0) is 37.0 Å². The van der Waals surface area contributed by atoms with Gasteiger partial charge < -0.3 is 5.32 Å². The van der Waals surface area contributed by atoms with Crippen LogP contribution in [0, 0.1) is 5.92 Å². The average molecular weight is 299 g/mol. The molecule has 5 heteroatoms. The Morgan fingerprint density at radius 3 is 2.91 bits per heavy atom. The van der Waals surface area contributed by atoms with Gasteiger partial charge in [0.1, 0.15) is 11.2 Å². The van der Waals surface area contributed by atoms with Crippen LogP contribution in [0.3, 0.4) is 0 Å². The summed E-state index contributed by atoms with van der Waals surface area (Å²) in [5.74, 6) is 0.189. The van der Waals surface area contributed by atoms with Crippen LogP contribution in [0.5, 0.6) is 0 Å². The Morgan fingerprint density at radius 2 is 2.14 bits per heavy atom. The lowest BCUT2D eigenvalue weighted by molar-refractivity contribution is 0.0908. The highest BCUT2D eigenvalue weighted by molar-refractivity contribution is 5.97. The molecule has 2 aromatic heterocycles. The molecule has 1 fully saturated rings. The molecule has 1 saturated carbocycles. The quantitative estimate of drug-likeness (QED) is 0.925. The van der Waals surface area contributed by atoms with Crippen molar-refractivity contribution in [3.05, 3.63) is 40.3 Å². The Labute approximate surface area is 129 Å². The van der Waals surface area contributed by atoms with Crippen molar-refractivity contribution in [2.24, 2.45) is 13.0 Å². The maximum absolute atomic E-state index is 12.5. The summed E-state index contributed by atoms with van der Waals surface area (Å²) in [5, 5.41) is 3.84. The summed E-state index contributed by atoms with van der Waals surface area (Å²) in [6.45, 7) is 2.16. The van der Waals surface area contributed by atoms with Gasteiger partial charge in [0.25, 0.3) is 11.5 Å². The molecule has 0 aliphatic heterocycles. The van der Waals surface area contributed by atoms with Gasteiger partial charge in [-0.2, -0.15) is 0 Å². The standard InChI is InChI=1S/C17H21N3O2/c1-11-6-3-4-8-14(11)19-16(21)13-10-12-7-5-9-18-15(12)20(2)17(13)22/h5,7,9-11,14H,3-4,6,8H2,1-2H3,(H,19,21)/t11-,14+/m0/s1. The Kier molecular flexibility index (Phi) is 3.96. The Morgan fingerprint density at radius 1 is 1.36 bits per heavy atom. The molecule has 0 radical (unpaired) electrons. The van der Waals surface area contributed by atoms with E-state index in [9.17, 15) is 9.59 Å². The summed E-state index contributed by atoms with van der Waals surface area (Å²) >= 11 is 0. The third kappa shape index (κ3) is 2.63. The van der Waals surface area contributed by atoms with E-state index in [-0.39, 0.29) is 23.1 Å². The van der Waals surface area contributed by atoms with Crippen LogP contribution >= 0.6 is 0 Å². The van der Waals surface area contributed by atoms with E-state index in [1.54, 1.807) is 25.4 Å². The number of amides is 1. The Balaban J connectivity index is 1.94. The first kappa shape index (κ1) is 14.8. The SMILES string of the molecule is C[C@H]1CCCC[C@H]1NC(=O)c1cc2cccnc2n(C)c1=O. The number of nitrogens with zero attached hydrogens (tertiary/aromatic N) is 2. The molecule has 0 aromatic carbocycles. The van der Waals surface area contributed by atoms with Crippen LogP contribution in [0.15, 0.2) is 29.2 Å². The van der Waals surface area contributed by atoms with Crippen LogP contribution in [0.2, 0.25) is 0 Å². The number of hydrogen-bond acceptors (Lipinski definition) is 3. The minimum absolute atomic E-state index is 0.163. The van der Waals surface area contributed by atoms with Crippen molar-refractivity contribution in [2.45, 2.75) is 38.6 Å². The zero-order valence-electron chi connectivity index (χ0n) is 13.0. The molecule has 3 rings (SSSR count). The van der Waals surface area contributed by atoms with Crippen LogP contribution in [0.25, 0.3) is 11.0 Å². The van der Waals surface area contributed by atoms with Crippen molar-refractivity contribution in [1.29, 1.82) is 0 Å². The largest absolute Gasteiger partial charge is 0.349 e. The molecular weight excluding hydrogens is 278 g/mol. The summed E-state index contributed by atoms with van der Waals surface area (Å²) in [6, 6.07) is 5.48. The van der Waals surface area contributed by atoms with Crippen LogP contribution in [0.1, 0.15) is 43.0 Å². The highest BCUT2D eigenvalue weighted by Gasteiger charge is 2.24. The van der Waals surface area contributed by atoms with E-state index in [0.717, 1.165) is 24.6 Å². The number of aromatic nitrogens is 2. The van der Waals surface area contributed by atoms with Gasteiger partial charge in [0.15, 0.2) is 0 Å². The predicted octanol–water partition coefficient (Wildman–Crippen LogP) is 2.24. The molecule has 1 aliphatic carbocycles. The van der Waals surface area contributed by atoms with Crippen molar-refractivity contribution < 1.29 is 4.79 Å². The van der Waals surface area contributed by atoms with Gasteiger partial charge in [-0.3, -0.25) is 14.2 Å². The van der Waals surface area contributed by atoms with Gasteiger partial charge in [-0.25, -0.2) is 4.98 Å². The number of aryl methyl sites for hydroxylation is 1. The van der Waals surface area contributed by atoms with E-state index >= 15 is 0 Å². The second-order valence-electron chi connectivity index (χ2n) is 6.18. The van der Waals surface area contributed by atoms with Crippen LogP contribution < -0.4 is 10.9 Å². The fourth-order valence-corrected chi connectivity index (χ4v) is 3.24. The number of hydrogen-bond donors (Lipinski definition) is 1. The molecule has 0 saturated heterocycles. The van der Waals surface area contributed by atoms with Gasteiger partial charge in [0, 0.05) is 24.7 Å². The van der Waals surface area contributed by atoms with E-state index in [1.807, 2.05) is 6.07 Å². The minimum atomic E-state index is -0.299. The lowest BCUT2D eigenvalue weighted by Crippen LogP contribution is -2.43. The van der Waals surface area contributed by atoms with Crippen LogP contribution in [-0.2, 0) is 7.05 Å². The van der Waals surface area contributed by atoms with Gasteiger partial charge in [-0.15, -0.1) is 0 Å². The van der Waals surface area contributed by atoms with Gasteiger partial charge >= 0.3 is 0 Å². The van der Waals surface area contributed by atoms with E-state index in [1.165, 1.54) is 11.0 Å². The van der Waals surface area contributed by atoms with Crippen molar-refractivity contribution in [1.82, 2.24) is 14.9 Å². The summed E-state index contributed by atoms with van der Waals surface area (Å²) in [6.07, 6.45) is 6.12. The highest BCUT2D eigenvalue weighted by Crippen LogP contribution is 2.24.